The third-order valence-electron chi connectivity index (χ3n) is 6.89. The van der Waals surface area contributed by atoms with Crippen LogP contribution in [0.2, 0.25) is 0 Å². The molecule has 170 valence electrons. The first-order valence-corrected chi connectivity index (χ1v) is 10.7. The van der Waals surface area contributed by atoms with E-state index in [0.717, 1.165) is 6.42 Å². The highest BCUT2D eigenvalue weighted by molar-refractivity contribution is 6.47. The van der Waals surface area contributed by atoms with Crippen LogP contribution in [0.25, 0.3) is 0 Å². The van der Waals surface area contributed by atoms with Crippen LogP contribution in [-0.4, -0.2) is 81.6 Å². The summed E-state index contributed by atoms with van der Waals surface area (Å²) in [7, 11) is 0. The van der Waals surface area contributed by atoms with Gasteiger partial charge in [-0.1, -0.05) is 31.2 Å². The summed E-state index contributed by atoms with van der Waals surface area (Å²) in [5.74, 6) is 1.06. The standard InChI is InChI=1S/C22H27N5O5/c1-2-13-6-3-4-8-21(13,15-7-5-9-31-15)22(23)18-19(24-11-26-22)27(12-25-18)20-17(30)16(29)14(10-28)32-20/h3-9,11,13-14,16-17,20,28-30H,2,10,12,23H2,1H3/t13?,14-,16-,17-,20-,21?,22?/m1/s1. The summed E-state index contributed by atoms with van der Waals surface area (Å²) in [5.41, 5.74) is 5.38. The molecule has 1 aliphatic carbocycles. The molecule has 1 saturated heterocycles. The lowest BCUT2D eigenvalue weighted by Crippen LogP contribution is -2.67. The number of hydrogen-bond donors (Lipinski definition) is 4. The summed E-state index contributed by atoms with van der Waals surface area (Å²) >= 11 is 0. The number of rotatable bonds is 5. The highest BCUT2D eigenvalue weighted by Crippen LogP contribution is 2.49. The first-order chi connectivity index (χ1) is 15.5. The Hall–Kier alpha value is -2.63. The van der Waals surface area contributed by atoms with E-state index in [0.29, 0.717) is 17.3 Å². The van der Waals surface area contributed by atoms with Crippen molar-refractivity contribution >= 4 is 17.9 Å². The Morgan fingerprint density at radius 2 is 2.12 bits per heavy atom. The second kappa shape index (κ2) is 7.75. The van der Waals surface area contributed by atoms with Gasteiger partial charge in [-0.05, 0) is 24.5 Å². The number of nitrogens with zero attached hydrogens (tertiary/aromatic N) is 4. The van der Waals surface area contributed by atoms with Gasteiger partial charge in [0.15, 0.2) is 17.7 Å². The predicted octanol–water partition coefficient (Wildman–Crippen LogP) is -0.0819. The molecule has 7 atom stereocenters. The first-order valence-electron chi connectivity index (χ1n) is 10.7. The van der Waals surface area contributed by atoms with Crippen LogP contribution in [-0.2, 0) is 10.2 Å². The number of amidine groups is 1. The average Bonchev–Trinajstić information content (AvgIpc) is 3.55. The van der Waals surface area contributed by atoms with Crippen molar-refractivity contribution in [2.45, 2.75) is 49.0 Å². The molecule has 0 aromatic carbocycles. The Morgan fingerprint density at radius 3 is 2.81 bits per heavy atom. The molecule has 10 heteroatoms. The highest BCUT2D eigenvalue weighted by atomic mass is 16.6. The molecular weight excluding hydrogens is 414 g/mol. The molecule has 32 heavy (non-hydrogen) atoms. The number of furan rings is 1. The Balaban J connectivity index is 1.56. The Bertz CT molecular complexity index is 1020. The van der Waals surface area contributed by atoms with Gasteiger partial charge < -0.3 is 35.1 Å². The van der Waals surface area contributed by atoms with E-state index in [-0.39, 0.29) is 12.6 Å². The van der Waals surface area contributed by atoms with E-state index in [9.17, 15) is 15.3 Å². The van der Waals surface area contributed by atoms with E-state index in [1.165, 1.54) is 6.34 Å². The van der Waals surface area contributed by atoms with Gasteiger partial charge in [0.2, 0.25) is 0 Å². The van der Waals surface area contributed by atoms with Crippen LogP contribution < -0.4 is 5.73 Å². The zero-order valence-corrected chi connectivity index (χ0v) is 17.7. The fourth-order valence-corrected chi connectivity index (χ4v) is 5.24. The van der Waals surface area contributed by atoms with Crippen molar-refractivity contribution < 1.29 is 24.5 Å². The lowest BCUT2D eigenvalue weighted by Gasteiger charge is -2.48. The van der Waals surface area contributed by atoms with Crippen molar-refractivity contribution in [1.82, 2.24) is 4.90 Å². The van der Waals surface area contributed by atoms with Gasteiger partial charge in [-0.2, -0.15) is 0 Å². The number of allylic oxidation sites excluding steroid dienone is 3. The summed E-state index contributed by atoms with van der Waals surface area (Å²) in [6.45, 7) is 1.79. The zero-order chi connectivity index (χ0) is 22.5. The van der Waals surface area contributed by atoms with Crippen LogP contribution in [0.1, 0.15) is 19.1 Å². The van der Waals surface area contributed by atoms with Gasteiger partial charge in [0, 0.05) is 0 Å². The maximum absolute atomic E-state index is 10.5. The maximum Gasteiger partial charge on any atom is 0.172 e. The lowest BCUT2D eigenvalue weighted by atomic mass is 9.60. The van der Waals surface area contributed by atoms with Gasteiger partial charge in [-0.15, -0.1) is 0 Å². The number of aliphatic hydroxyl groups excluding tert-OH is 3. The van der Waals surface area contributed by atoms with Crippen molar-refractivity contribution in [3.8, 4) is 0 Å². The zero-order valence-electron chi connectivity index (χ0n) is 17.7. The normalized spacial score (nSPS) is 40.5. The third kappa shape index (κ3) is 2.74. The summed E-state index contributed by atoms with van der Waals surface area (Å²) < 4.78 is 11.6. The molecule has 5 N–H and O–H groups in total. The van der Waals surface area contributed by atoms with Crippen LogP contribution in [0.15, 0.2) is 62.1 Å². The van der Waals surface area contributed by atoms with E-state index < -0.39 is 42.2 Å². The van der Waals surface area contributed by atoms with Gasteiger partial charge in [0.1, 0.15) is 42.8 Å². The average molecular weight is 441 g/mol. The Kier molecular flexibility index (Phi) is 5.14. The first kappa shape index (κ1) is 21.2. The molecule has 1 fully saturated rings. The predicted molar refractivity (Wildman–Crippen MR) is 117 cm³/mol. The van der Waals surface area contributed by atoms with Crippen LogP contribution in [0.4, 0.5) is 0 Å². The second-order valence-electron chi connectivity index (χ2n) is 8.42. The largest absolute Gasteiger partial charge is 0.468 e. The third-order valence-corrected chi connectivity index (χ3v) is 6.89. The molecule has 4 heterocycles. The van der Waals surface area contributed by atoms with Crippen molar-refractivity contribution in [2.24, 2.45) is 26.6 Å². The van der Waals surface area contributed by atoms with Crippen LogP contribution in [0.5, 0.6) is 0 Å². The van der Waals surface area contributed by atoms with Crippen molar-refractivity contribution in [3.05, 3.63) is 48.5 Å². The monoisotopic (exact) mass is 441 g/mol. The van der Waals surface area contributed by atoms with Crippen molar-refractivity contribution in [3.63, 3.8) is 0 Å². The molecule has 0 spiro atoms. The van der Waals surface area contributed by atoms with E-state index in [1.807, 2.05) is 30.4 Å². The van der Waals surface area contributed by atoms with E-state index in [2.05, 4.69) is 28.0 Å². The topological polar surface area (TPSA) is 149 Å². The minimum Gasteiger partial charge on any atom is -0.468 e. The molecule has 1 aromatic rings. The quantitative estimate of drug-likeness (QED) is 0.499. The number of aliphatic hydroxyl groups is 3. The molecule has 10 nitrogen and oxygen atoms in total. The van der Waals surface area contributed by atoms with E-state index in [1.54, 1.807) is 11.2 Å². The van der Waals surface area contributed by atoms with E-state index >= 15 is 0 Å². The van der Waals surface area contributed by atoms with Gasteiger partial charge >= 0.3 is 0 Å². The molecular formula is C22H27N5O5. The highest BCUT2D eigenvalue weighted by Gasteiger charge is 2.61. The van der Waals surface area contributed by atoms with Crippen LogP contribution in [0, 0.1) is 5.92 Å². The number of hydrogen-bond acceptors (Lipinski definition) is 10. The second-order valence-corrected chi connectivity index (χ2v) is 8.42. The van der Waals surface area contributed by atoms with E-state index in [4.69, 9.17) is 14.9 Å². The summed E-state index contributed by atoms with van der Waals surface area (Å²) in [5, 5.41) is 30.2. The number of nitrogens with two attached hydrogens (primary N) is 1. The SMILES string of the molecule is CCC1C=CC=CC1(c1ccco1)C1(N)N=CN=C2C1=NCN2[C@@H]1O[C@H](CO)[C@@H](O)[C@H]1O. The Labute approximate surface area is 185 Å². The summed E-state index contributed by atoms with van der Waals surface area (Å²) in [4.78, 5) is 15.4. The summed E-state index contributed by atoms with van der Waals surface area (Å²) in [6.07, 6.45) is 7.54. The van der Waals surface area contributed by atoms with Crippen molar-refractivity contribution in [1.29, 1.82) is 0 Å². The fourth-order valence-electron chi connectivity index (χ4n) is 5.24. The smallest absolute Gasteiger partial charge is 0.172 e. The molecule has 3 aliphatic heterocycles. The van der Waals surface area contributed by atoms with Gasteiger partial charge in [0.25, 0.3) is 0 Å². The van der Waals surface area contributed by atoms with Crippen molar-refractivity contribution in [2.75, 3.05) is 13.3 Å². The Morgan fingerprint density at radius 1 is 1.28 bits per heavy atom. The summed E-state index contributed by atoms with van der Waals surface area (Å²) in [6, 6.07) is 3.71. The molecule has 0 bridgehead atoms. The van der Waals surface area contributed by atoms with Gasteiger partial charge in [-0.3, -0.25) is 4.99 Å². The number of fused-ring (bicyclic) bond motifs is 1. The molecule has 0 radical (unpaired) electrons. The molecule has 1 aromatic heterocycles. The number of aliphatic imine (C=N–C) groups is 3. The maximum atomic E-state index is 10.5. The van der Waals surface area contributed by atoms with Gasteiger partial charge in [0.05, 0.1) is 18.3 Å². The lowest BCUT2D eigenvalue weighted by molar-refractivity contribution is -0.0688. The van der Waals surface area contributed by atoms with Crippen LogP contribution >= 0.6 is 0 Å². The molecule has 0 amide bonds. The molecule has 0 saturated carbocycles. The minimum atomic E-state index is -1.34. The fraction of sp³-hybridized carbons (Fsp3) is 0.500. The number of ether oxygens (including phenoxy) is 1. The minimum absolute atomic E-state index is 0.0224. The molecule has 4 aliphatic rings. The molecule has 3 unspecified atom stereocenters. The van der Waals surface area contributed by atoms with Gasteiger partial charge in [-0.25, -0.2) is 9.98 Å². The molecule has 5 rings (SSSR count). The van der Waals surface area contributed by atoms with Crippen LogP contribution in [0.3, 0.4) is 0 Å².